The number of carbonyl (C=O) groups excluding carboxylic acids is 2. The van der Waals surface area contributed by atoms with Crippen LogP contribution in [0.15, 0.2) is 122 Å². The zero-order valence-corrected chi connectivity index (χ0v) is 44.3. The van der Waals surface area contributed by atoms with E-state index in [0.717, 1.165) is 116 Å². The molecule has 0 aromatic rings. The number of ether oxygens (including phenoxy) is 3. The van der Waals surface area contributed by atoms with Crippen molar-refractivity contribution >= 4 is 11.9 Å². The highest BCUT2D eigenvalue weighted by Crippen LogP contribution is 2.13. The first-order valence-corrected chi connectivity index (χ1v) is 28.1. The van der Waals surface area contributed by atoms with Crippen LogP contribution in [0.4, 0.5) is 0 Å². The Morgan fingerprint density at radius 1 is 0.338 bits per heavy atom. The minimum absolute atomic E-state index is 0.0438. The van der Waals surface area contributed by atoms with Crippen LogP contribution in [0.2, 0.25) is 0 Å². The number of carbonyl (C=O) groups is 2. The van der Waals surface area contributed by atoms with E-state index in [1.54, 1.807) is 0 Å². The van der Waals surface area contributed by atoms with E-state index in [1.807, 2.05) is 0 Å². The summed E-state index contributed by atoms with van der Waals surface area (Å²) in [5.41, 5.74) is 0. The molecule has 0 amide bonds. The van der Waals surface area contributed by atoms with Crippen LogP contribution in [0, 0.1) is 0 Å². The Kier molecular flexibility index (Phi) is 54.5. The molecule has 0 bridgehead atoms. The summed E-state index contributed by atoms with van der Waals surface area (Å²) >= 11 is 0. The molecule has 68 heavy (non-hydrogen) atoms. The van der Waals surface area contributed by atoms with Crippen molar-refractivity contribution in [3.05, 3.63) is 122 Å². The van der Waals surface area contributed by atoms with Crippen LogP contribution in [-0.4, -0.2) is 37.9 Å². The van der Waals surface area contributed by atoms with Crippen molar-refractivity contribution in [2.45, 2.75) is 245 Å². The molecule has 0 saturated heterocycles. The SMILES string of the molecule is CC/C=C\C/C=C\C/C=C\C/C=C\CCCOCC(COC(=O)CCCCCCCC/C=C\C/C=C\C/C=C\CCCCC)OC(=O)CCCCCCCC/C=C\C/C=C\C/C=C\CCCCC. The van der Waals surface area contributed by atoms with Gasteiger partial charge in [-0.25, -0.2) is 0 Å². The van der Waals surface area contributed by atoms with E-state index in [9.17, 15) is 9.59 Å². The van der Waals surface area contributed by atoms with E-state index in [-0.39, 0.29) is 25.2 Å². The predicted octanol–water partition coefficient (Wildman–Crippen LogP) is 19.3. The van der Waals surface area contributed by atoms with Crippen molar-refractivity contribution in [3.63, 3.8) is 0 Å². The van der Waals surface area contributed by atoms with Crippen molar-refractivity contribution in [1.82, 2.24) is 0 Å². The van der Waals surface area contributed by atoms with Gasteiger partial charge in [0, 0.05) is 19.4 Å². The van der Waals surface area contributed by atoms with E-state index in [1.165, 1.54) is 89.9 Å². The van der Waals surface area contributed by atoms with Crippen LogP contribution in [0.1, 0.15) is 239 Å². The summed E-state index contributed by atoms with van der Waals surface area (Å²) in [6.07, 6.45) is 80.8. The first kappa shape index (κ1) is 64.3. The van der Waals surface area contributed by atoms with Crippen LogP contribution in [-0.2, 0) is 23.8 Å². The van der Waals surface area contributed by atoms with Crippen molar-refractivity contribution in [2.24, 2.45) is 0 Å². The third-order valence-corrected chi connectivity index (χ3v) is 11.5. The third kappa shape index (κ3) is 54.9. The number of rotatable bonds is 50. The minimum atomic E-state index is -0.586. The summed E-state index contributed by atoms with van der Waals surface area (Å²) in [7, 11) is 0. The lowest BCUT2D eigenvalue weighted by Gasteiger charge is -2.18. The van der Waals surface area contributed by atoms with Crippen molar-refractivity contribution in [1.29, 1.82) is 0 Å². The summed E-state index contributed by atoms with van der Waals surface area (Å²) in [5, 5.41) is 0. The zero-order valence-electron chi connectivity index (χ0n) is 44.3. The van der Waals surface area contributed by atoms with E-state index in [0.29, 0.717) is 19.4 Å². The number of esters is 2. The van der Waals surface area contributed by atoms with E-state index >= 15 is 0 Å². The molecular formula is C63H104O5. The van der Waals surface area contributed by atoms with Crippen LogP contribution in [0.25, 0.3) is 0 Å². The molecule has 1 unspecified atom stereocenters. The van der Waals surface area contributed by atoms with Crippen LogP contribution in [0.3, 0.4) is 0 Å². The molecule has 0 aliphatic carbocycles. The first-order chi connectivity index (χ1) is 33.6. The van der Waals surface area contributed by atoms with E-state index < -0.39 is 6.10 Å². The lowest BCUT2D eigenvalue weighted by atomic mass is 10.1. The number of unbranched alkanes of at least 4 members (excludes halogenated alkanes) is 19. The fourth-order valence-corrected chi connectivity index (χ4v) is 7.29. The average Bonchev–Trinajstić information content (AvgIpc) is 3.34. The van der Waals surface area contributed by atoms with Gasteiger partial charge in [-0.3, -0.25) is 9.59 Å². The van der Waals surface area contributed by atoms with Gasteiger partial charge in [0.15, 0.2) is 6.10 Å². The highest BCUT2D eigenvalue weighted by Gasteiger charge is 2.17. The van der Waals surface area contributed by atoms with Gasteiger partial charge in [0.1, 0.15) is 6.61 Å². The number of hydrogen-bond acceptors (Lipinski definition) is 5. The second-order valence-electron chi connectivity index (χ2n) is 18.1. The molecule has 0 aromatic carbocycles. The Balaban J connectivity index is 4.40. The van der Waals surface area contributed by atoms with E-state index in [4.69, 9.17) is 14.2 Å². The summed E-state index contributed by atoms with van der Waals surface area (Å²) in [4.78, 5) is 25.5. The molecule has 0 heterocycles. The van der Waals surface area contributed by atoms with Crippen LogP contribution in [0.5, 0.6) is 0 Å². The Hall–Kier alpha value is -3.70. The van der Waals surface area contributed by atoms with Gasteiger partial charge in [-0.05, 0) is 128 Å². The van der Waals surface area contributed by atoms with Gasteiger partial charge >= 0.3 is 11.9 Å². The maximum Gasteiger partial charge on any atom is 0.306 e. The monoisotopic (exact) mass is 941 g/mol. The molecule has 0 aromatic heterocycles. The molecule has 5 heteroatoms. The molecule has 0 radical (unpaired) electrons. The smallest absolute Gasteiger partial charge is 0.306 e. The molecule has 0 saturated carbocycles. The standard InChI is InChI=1S/C63H104O5/c1-4-7-10-13-16-19-22-25-28-30-32-34-36-38-41-44-47-50-53-56-62(64)67-60-61(59-66-58-55-52-49-46-43-40-27-24-21-18-15-12-9-6-3)68-63(65)57-54-51-48-45-42-39-37-35-33-31-29-26-23-20-17-14-11-8-5-2/h9,12,16-21,25-29,32-35,40,46,49,61H,4-8,10-11,13-15,22-24,30-31,36-39,41-45,47-48,50-60H2,1-3H3/b12-9-,19-16-,20-17-,21-18-,28-25-,29-26-,34-32-,35-33-,40-27-,49-46-. The molecule has 5 nitrogen and oxygen atoms in total. The third-order valence-electron chi connectivity index (χ3n) is 11.5. The Morgan fingerprint density at radius 2 is 0.662 bits per heavy atom. The molecule has 0 rings (SSSR count). The first-order valence-electron chi connectivity index (χ1n) is 28.1. The normalized spacial score (nSPS) is 13.2. The molecule has 0 aliphatic heterocycles. The van der Waals surface area contributed by atoms with Crippen LogP contribution < -0.4 is 0 Å². The highest BCUT2D eigenvalue weighted by molar-refractivity contribution is 5.70. The van der Waals surface area contributed by atoms with E-state index in [2.05, 4.69) is 142 Å². The van der Waals surface area contributed by atoms with Gasteiger partial charge in [0.05, 0.1) is 6.61 Å². The zero-order chi connectivity index (χ0) is 49.2. The maximum atomic E-state index is 12.8. The molecule has 0 spiro atoms. The summed E-state index contributed by atoms with van der Waals surface area (Å²) in [6.45, 7) is 7.49. The highest BCUT2D eigenvalue weighted by atomic mass is 16.6. The molecule has 1 atom stereocenters. The average molecular weight is 942 g/mol. The number of allylic oxidation sites excluding steroid dienone is 20. The van der Waals surface area contributed by atoms with Gasteiger partial charge < -0.3 is 14.2 Å². The summed E-state index contributed by atoms with van der Waals surface area (Å²) in [6, 6.07) is 0. The quantitative estimate of drug-likeness (QED) is 0.0345. The fourth-order valence-electron chi connectivity index (χ4n) is 7.29. The summed E-state index contributed by atoms with van der Waals surface area (Å²) < 4.78 is 17.4. The van der Waals surface area contributed by atoms with Gasteiger partial charge in [-0.1, -0.05) is 219 Å². The molecule has 0 fully saturated rings. The van der Waals surface area contributed by atoms with Crippen molar-refractivity contribution < 1.29 is 23.8 Å². The summed E-state index contributed by atoms with van der Waals surface area (Å²) in [5.74, 6) is -0.461. The number of hydrogen-bond donors (Lipinski definition) is 0. The Morgan fingerprint density at radius 3 is 1.06 bits per heavy atom. The Labute approximate surface area is 420 Å². The Bertz CT molecular complexity index is 1390. The largest absolute Gasteiger partial charge is 0.462 e. The molecule has 386 valence electrons. The van der Waals surface area contributed by atoms with Gasteiger partial charge in [0.2, 0.25) is 0 Å². The fraction of sp³-hybridized carbons (Fsp3) is 0.651. The lowest BCUT2D eigenvalue weighted by molar-refractivity contribution is -0.163. The van der Waals surface area contributed by atoms with Gasteiger partial charge in [0.25, 0.3) is 0 Å². The molecule has 0 aliphatic rings. The second kappa shape index (κ2) is 57.6. The molecule has 0 N–H and O–H groups in total. The van der Waals surface area contributed by atoms with Crippen LogP contribution >= 0.6 is 0 Å². The second-order valence-corrected chi connectivity index (χ2v) is 18.1. The minimum Gasteiger partial charge on any atom is -0.462 e. The van der Waals surface area contributed by atoms with Gasteiger partial charge in [-0.2, -0.15) is 0 Å². The lowest BCUT2D eigenvalue weighted by Crippen LogP contribution is -2.30. The maximum absolute atomic E-state index is 12.8. The van der Waals surface area contributed by atoms with Gasteiger partial charge in [-0.15, -0.1) is 0 Å². The van der Waals surface area contributed by atoms with Crippen molar-refractivity contribution in [2.75, 3.05) is 19.8 Å². The predicted molar refractivity (Wildman–Crippen MR) is 297 cm³/mol. The topological polar surface area (TPSA) is 61.8 Å². The molecular weight excluding hydrogens is 837 g/mol. The van der Waals surface area contributed by atoms with Crippen molar-refractivity contribution in [3.8, 4) is 0 Å².